The molecule has 77 heavy (non-hydrogen) atoms. The third-order valence-corrected chi connectivity index (χ3v) is 14.3. The minimum absolute atomic E-state index is 0.0858. The first-order valence-corrected chi connectivity index (χ1v) is 33.1. The normalized spacial score (nSPS) is 12.6. The van der Waals surface area contributed by atoms with Gasteiger partial charge in [-0.15, -0.1) is 0 Å². The Morgan fingerprint density at radius 3 is 0.779 bits per heavy atom. The smallest absolute Gasteiger partial charge is 0.306 e. The van der Waals surface area contributed by atoms with Crippen molar-refractivity contribution in [3.8, 4) is 0 Å². The van der Waals surface area contributed by atoms with Gasteiger partial charge in [0.15, 0.2) is 6.10 Å². The summed E-state index contributed by atoms with van der Waals surface area (Å²) >= 11 is 0. The van der Waals surface area contributed by atoms with Crippen LogP contribution in [0.1, 0.15) is 329 Å². The molecule has 6 nitrogen and oxygen atoms in total. The van der Waals surface area contributed by atoms with E-state index >= 15 is 0 Å². The fourth-order valence-electron chi connectivity index (χ4n) is 9.34. The van der Waals surface area contributed by atoms with Crippen LogP contribution in [0.25, 0.3) is 0 Å². The molecule has 0 bridgehead atoms. The Labute approximate surface area is 477 Å². The lowest BCUT2D eigenvalue weighted by Crippen LogP contribution is -2.30. The number of hydrogen-bond donors (Lipinski definition) is 0. The lowest BCUT2D eigenvalue weighted by Gasteiger charge is -2.18. The van der Waals surface area contributed by atoms with Gasteiger partial charge in [0.2, 0.25) is 0 Å². The molecule has 0 aliphatic rings. The van der Waals surface area contributed by atoms with Crippen LogP contribution in [0.5, 0.6) is 0 Å². The SMILES string of the molecule is CCC/C=C\C/C=C\CCCCCCCC(=O)OCC(COC(=O)CCCCCCCCCCCCCCC/C=C\C/C=C\CCCCCCC)OC(=O)CCCCCCCC/C=C\C/C=C\C/C=C\CCCCCCC. The first kappa shape index (κ1) is 73.6. The Morgan fingerprint density at radius 2 is 0.494 bits per heavy atom. The summed E-state index contributed by atoms with van der Waals surface area (Å²) in [5, 5.41) is 0. The predicted octanol–water partition coefficient (Wildman–Crippen LogP) is 22.7. The number of ether oxygens (including phenoxy) is 3. The van der Waals surface area contributed by atoms with Gasteiger partial charge >= 0.3 is 17.9 Å². The minimum atomic E-state index is -0.791. The van der Waals surface area contributed by atoms with E-state index in [0.717, 1.165) is 122 Å². The number of unbranched alkanes of at least 4 members (excludes halogenated alkanes) is 35. The summed E-state index contributed by atoms with van der Waals surface area (Å²) in [6, 6.07) is 0. The average molecular weight is 1070 g/mol. The second-order valence-electron chi connectivity index (χ2n) is 22.0. The molecule has 6 heteroatoms. The fraction of sp³-hybridized carbons (Fsp3) is 0.761. The first-order valence-electron chi connectivity index (χ1n) is 33.1. The standard InChI is InChI=1S/C71H124O6/c1-4-7-10-13-16-19-22-25-27-29-31-33-34-35-36-38-39-41-43-46-49-52-55-58-61-64-70(73)76-67-68(66-75-69(72)63-60-57-54-51-48-45-24-21-18-15-12-9-6-3)77-71(74)65-62-59-56-53-50-47-44-42-40-37-32-30-28-26-23-20-17-14-11-8-5-2/h12,15,21-26,29-32,40,42,68H,4-11,13-14,16-20,27-28,33-39,41,43-67H2,1-3H3/b15-12-,24-21-,25-22-,26-23-,31-29-,32-30-,42-40-. The van der Waals surface area contributed by atoms with Crippen LogP contribution in [0, 0.1) is 0 Å². The first-order chi connectivity index (χ1) is 38.0. The molecule has 1 unspecified atom stereocenters. The van der Waals surface area contributed by atoms with Crippen LogP contribution in [0.2, 0.25) is 0 Å². The average Bonchev–Trinajstić information content (AvgIpc) is 3.43. The maximum Gasteiger partial charge on any atom is 0.306 e. The van der Waals surface area contributed by atoms with Crippen molar-refractivity contribution in [1.82, 2.24) is 0 Å². The van der Waals surface area contributed by atoms with Gasteiger partial charge in [-0.2, -0.15) is 0 Å². The van der Waals surface area contributed by atoms with Crippen LogP contribution in [-0.2, 0) is 28.6 Å². The molecule has 0 aliphatic heterocycles. The zero-order chi connectivity index (χ0) is 55.7. The van der Waals surface area contributed by atoms with E-state index in [2.05, 4.69) is 106 Å². The maximum atomic E-state index is 12.9. The number of esters is 3. The van der Waals surface area contributed by atoms with Gasteiger partial charge < -0.3 is 14.2 Å². The number of rotatable bonds is 60. The Kier molecular flexibility index (Phi) is 62.2. The van der Waals surface area contributed by atoms with Crippen molar-refractivity contribution in [2.45, 2.75) is 335 Å². The Balaban J connectivity index is 4.33. The summed E-state index contributed by atoms with van der Waals surface area (Å²) in [6.07, 6.45) is 85.9. The molecule has 0 saturated heterocycles. The van der Waals surface area contributed by atoms with Crippen molar-refractivity contribution in [2.75, 3.05) is 13.2 Å². The lowest BCUT2D eigenvalue weighted by atomic mass is 10.0. The number of allylic oxidation sites excluding steroid dienone is 14. The van der Waals surface area contributed by atoms with Crippen molar-refractivity contribution < 1.29 is 28.6 Å². The molecular formula is C71H124O6. The summed E-state index contributed by atoms with van der Waals surface area (Å²) < 4.78 is 16.9. The molecule has 444 valence electrons. The van der Waals surface area contributed by atoms with E-state index in [4.69, 9.17) is 14.2 Å². The summed E-state index contributed by atoms with van der Waals surface area (Å²) in [5.74, 6) is -0.902. The molecular weight excluding hydrogens is 949 g/mol. The molecule has 0 radical (unpaired) electrons. The number of hydrogen-bond acceptors (Lipinski definition) is 6. The summed E-state index contributed by atoms with van der Waals surface area (Å²) in [4.78, 5) is 38.3. The van der Waals surface area contributed by atoms with E-state index in [1.54, 1.807) is 0 Å². The molecule has 0 saturated carbocycles. The topological polar surface area (TPSA) is 78.9 Å². The van der Waals surface area contributed by atoms with Crippen LogP contribution in [0.4, 0.5) is 0 Å². The van der Waals surface area contributed by atoms with E-state index in [9.17, 15) is 14.4 Å². The van der Waals surface area contributed by atoms with E-state index in [0.29, 0.717) is 19.3 Å². The molecule has 0 aromatic heterocycles. The molecule has 0 amide bonds. The van der Waals surface area contributed by atoms with Crippen molar-refractivity contribution >= 4 is 17.9 Å². The summed E-state index contributed by atoms with van der Waals surface area (Å²) in [7, 11) is 0. The summed E-state index contributed by atoms with van der Waals surface area (Å²) in [6.45, 7) is 6.56. The van der Waals surface area contributed by atoms with Crippen molar-refractivity contribution in [3.05, 3.63) is 85.1 Å². The zero-order valence-electron chi connectivity index (χ0n) is 51.0. The minimum Gasteiger partial charge on any atom is -0.462 e. The highest BCUT2D eigenvalue weighted by molar-refractivity contribution is 5.71. The van der Waals surface area contributed by atoms with Gasteiger partial charge in [0.25, 0.3) is 0 Å². The van der Waals surface area contributed by atoms with Gasteiger partial charge in [-0.25, -0.2) is 0 Å². The Bertz CT molecular complexity index is 1470. The fourth-order valence-corrected chi connectivity index (χ4v) is 9.34. The third-order valence-electron chi connectivity index (χ3n) is 14.3. The Hall–Kier alpha value is -3.41. The highest BCUT2D eigenvalue weighted by Crippen LogP contribution is 2.16. The molecule has 0 aliphatic carbocycles. The molecule has 0 fully saturated rings. The zero-order valence-corrected chi connectivity index (χ0v) is 51.0. The molecule has 0 aromatic rings. The van der Waals surface area contributed by atoms with Crippen LogP contribution in [-0.4, -0.2) is 37.2 Å². The molecule has 0 rings (SSSR count). The predicted molar refractivity (Wildman–Crippen MR) is 334 cm³/mol. The van der Waals surface area contributed by atoms with E-state index in [1.165, 1.54) is 167 Å². The van der Waals surface area contributed by atoms with Crippen molar-refractivity contribution in [3.63, 3.8) is 0 Å². The second kappa shape index (κ2) is 65.1. The van der Waals surface area contributed by atoms with E-state index in [1.807, 2.05) is 0 Å². The van der Waals surface area contributed by atoms with Gasteiger partial charge in [-0.1, -0.05) is 279 Å². The highest BCUT2D eigenvalue weighted by atomic mass is 16.6. The van der Waals surface area contributed by atoms with Crippen LogP contribution >= 0.6 is 0 Å². The van der Waals surface area contributed by atoms with Gasteiger partial charge in [-0.3, -0.25) is 14.4 Å². The van der Waals surface area contributed by atoms with Crippen LogP contribution in [0.3, 0.4) is 0 Å². The van der Waals surface area contributed by atoms with Gasteiger partial charge in [0.05, 0.1) is 0 Å². The molecule has 0 aromatic carbocycles. The highest BCUT2D eigenvalue weighted by Gasteiger charge is 2.19. The lowest BCUT2D eigenvalue weighted by molar-refractivity contribution is -0.167. The quantitative estimate of drug-likeness (QED) is 0.0261. The van der Waals surface area contributed by atoms with E-state index < -0.39 is 6.10 Å². The molecule has 0 N–H and O–H groups in total. The van der Waals surface area contributed by atoms with Crippen molar-refractivity contribution in [1.29, 1.82) is 0 Å². The maximum absolute atomic E-state index is 12.9. The number of carbonyl (C=O) groups is 3. The van der Waals surface area contributed by atoms with Crippen LogP contribution < -0.4 is 0 Å². The van der Waals surface area contributed by atoms with Gasteiger partial charge in [-0.05, 0) is 116 Å². The van der Waals surface area contributed by atoms with Crippen LogP contribution in [0.15, 0.2) is 85.1 Å². The number of carbonyl (C=O) groups excluding carboxylic acids is 3. The van der Waals surface area contributed by atoms with Gasteiger partial charge in [0.1, 0.15) is 13.2 Å². The third kappa shape index (κ3) is 63.3. The molecule has 0 heterocycles. The van der Waals surface area contributed by atoms with Crippen molar-refractivity contribution in [2.24, 2.45) is 0 Å². The van der Waals surface area contributed by atoms with E-state index in [-0.39, 0.29) is 31.1 Å². The molecule has 0 spiro atoms. The monoisotopic (exact) mass is 1070 g/mol. The van der Waals surface area contributed by atoms with Gasteiger partial charge in [0, 0.05) is 19.3 Å². The Morgan fingerprint density at radius 1 is 0.260 bits per heavy atom. The summed E-state index contributed by atoms with van der Waals surface area (Å²) in [5.41, 5.74) is 0. The molecule has 1 atom stereocenters. The second-order valence-corrected chi connectivity index (χ2v) is 22.0. The largest absolute Gasteiger partial charge is 0.462 e.